The van der Waals surface area contributed by atoms with Gasteiger partial charge in [0.15, 0.2) is 0 Å². The first-order valence-electron chi connectivity index (χ1n) is 9.67. The third kappa shape index (κ3) is 4.50. The maximum atomic E-state index is 3.91. The number of hydrogen-bond acceptors (Lipinski definition) is 2. The molecule has 1 saturated carbocycles. The van der Waals surface area contributed by atoms with E-state index in [1.54, 1.807) is 0 Å². The second kappa shape index (κ2) is 7.70. The van der Waals surface area contributed by atoms with Gasteiger partial charge in [-0.25, -0.2) is 0 Å². The van der Waals surface area contributed by atoms with Crippen LogP contribution in [0.3, 0.4) is 0 Å². The van der Waals surface area contributed by atoms with E-state index in [9.17, 15) is 0 Å². The molecule has 2 nitrogen and oxygen atoms in total. The summed E-state index contributed by atoms with van der Waals surface area (Å²) in [4.78, 5) is 2.60. The Morgan fingerprint density at radius 2 is 1.83 bits per heavy atom. The van der Waals surface area contributed by atoms with Gasteiger partial charge in [-0.2, -0.15) is 0 Å². The topological polar surface area (TPSA) is 15.3 Å². The van der Waals surface area contributed by atoms with Gasteiger partial charge in [-0.1, -0.05) is 32.3 Å². The summed E-state index contributed by atoms with van der Waals surface area (Å²) in [6.45, 7) is 10.4. The molecule has 0 aromatic heterocycles. The summed E-state index contributed by atoms with van der Waals surface area (Å²) in [6, 6.07) is 7.60. The van der Waals surface area contributed by atoms with Crippen LogP contribution >= 0.6 is 0 Å². The van der Waals surface area contributed by atoms with Crippen molar-refractivity contribution in [2.45, 2.75) is 65.3 Å². The molecule has 3 rings (SSSR count). The number of piperidine rings is 1. The van der Waals surface area contributed by atoms with Crippen LogP contribution in [0.4, 0.5) is 5.69 Å². The molecule has 1 N–H and O–H groups in total. The fourth-order valence-corrected chi connectivity index (χ4v) is 4.36. The molecule has 2 unspecified atom stereocenters. The van der Waals surface area contributed by atoms with E-state index in [4.69, 9.17) is 0 Å². The van der Waals surface area contributed by atoms with Crippen LogP contribution in [0.5, 0.6) is 0 Å². The van der Waals surface area contributed by atoms with E-state index >= 15 is 0 Å². The van der Waals surface area contributed by atoms with Crippen molar-refractivity contribution in [1.29, 1.82) is 0 Å². The third-order valence-corrected chi connectivity index (χ3v) is 5.94. The fraction of sp³-hybridized carbons (Fsp3) is 0.714. The predicted octanol–water partition coefficient (Wildman–Crippen LogP) is 4.69. The number of nitrogens with one attached hydrogen (secondary N) is 1. The summed E-state index contributed by atoms with van der Waals surface area (Å²) in [5, 5.41) is 3.91. The molecule has 2 aliphatic rings. The first-order valence-corrected chi connectivity index (χ1v) is 9.67. The number of benzene rings is 1. The second-order valence-corrected chi connectivity index (χ2v) is 8.12. The fourth-order valence-electron chi connectivity index (χ4n) is 4.36. The van der Waals surface area contributed by atoms with E-state index in [1.165, 1.54) is 75.0 Å². The quantitative estimate of drug-likeness (QED) is 0.867. The Hall–Kier alpha value is -1.02. The van der Waals surface area contributed by atoms with Gasteiger partial charge < -0.3 is 10.2 Å². The van der Waals surface area contributed by atoms with Crippen LogP contribution in [0.2, 0.25) is 0 Å². The molecule has 23 heavy (non-hydrogen) atoms. The van der Waals surface area contributed by atoms with Crippen LogP contribution in [-0.4, -0.2) is 25.7 Å². The van der Waals surface area contributed by atoms with Crippen molar-refractivity contribution < 1.29 is 0 Å². The van der Waals surface area contributed by atoms with Crippen LogP contribution in [0, 0.1) is 25.7 Å². The summed E-state index contributed by atoms with van der Waals surface area (Å²) in [5.41, 5.74) is 4.21. The normalized spacial score (nSPS) is 26.5. The molecule has 1 aromatic rings. The minimum Gasteiger partial charge on any atom is -0.370 e. The van der Waals surface area contributed by atoms with Crippen molar-refractivity contribution in [3.63, 3.8) is 0 Å². The highest BCUT2D eigenvalue weighted by Crippen LogP contribution is 2.26. The summed E-state index contributed by atoms with van der Waals surface area (Å²) in [6.07, 6.45) is 8.56. The Morgan fingerprint density at radius 1 is 1.04 bits per heavy atom. The van der Waals surface area contributed by atoms with Crippen molar-refractivity contribution in [3.8, 4) is 0 Å². The van der Waals surface area contributed by atoms with Crippen LogP contribution < -0.4 is 10.2 Å². The molecule has 2 heteroatoms. The molecule has 1 aliphatic heterocycles. The van der Waals surface area contributed by atoms with Gasteiger partial charge in [-0.15, -0.1) is 0 Å². The first-order chi connectivity index (χ1) is 11.1. The van der Waals surface area contributed by atoms with Gasteiger partial charge in [0, 0.05) is 24.8 Å². The van der Waals surface area contributed by atoms with Gasteiger partial charge in [0.1, 0.15) is 0 Å². The average molecular weight is 315 g/mol. The number of hydrogen-bond donors (Lipinski definition) is 1. The molecule has 0 amide bonds. The standard InChI is InChI=1S/C21H34N2/c1-16-11-20(22-13-19-7-5-4-6-8-19)15-23(14-16)21-10-9-17(2)18(3)12-21/h9-10,12,16,19-20,22H,4-8,11,13-15H2,1-3H3. The smallest absolute Gasteiger partial charge is 0.0369 e. The van der Waals surface area contributed by atoms with Crippen LogP contribution in [0.15, 0.2) is 18.2 Å². The molecule has 1 saturated heterocycles. The highest BCUT2D eigenvalue weighted by atomic mass is 15.2. The van der Waals surface area contributed by atoms with Crippen molar-refractivity contribution >= 4 is 5.69 Å². The Bertz CT molecular complexity index is 505. The van der Waals surface area contributed by atoms with Crippen molar-refractivity contribution in [1.82, 2.24) is 5.32 Å². The summed E-state index contributed by atoms with van der Waals surface area (Å²) in [7, 11) is 0. The van der Waals surface area contributed by atoms with Crippen LogP contribution in [0.1, 0.15) is 56.6 Å². The molecule has 1 aliphatic carbocycles. The van der Waals surface area contributed by atoms with Gasteiger partial charge in [-0.3, -0.25) is 0 Å². The second-order valence-electron chi connectivity index (χ2n) is 8.12. The van der Waals surface area contributed by atoms with Crippen molar-refractivity contribution in [3.05, 3.63) is 29.3 Å². The monoisotopic (exact) mass is 314 g/mol. The molecule has 1 aromatic carbocycles. The molecule has 0 bridgehead atoms. The number of aryl methyl sites for hydroxylation is 2. The molecule has 0 spiro atoms. The van der Waals surface area contributed by atoms with Gasteiger partial charge in [-0.05, 0) is 74.8 Å². The van der Waals surface area contributed by atoms with Gasteiger partial charge >= 0.3 is 0 Å². The zero-order valence-corrected chi connectivity index (χ0v) is 15.3. The largest absolute Gasteiger partial charge is 0.370 e. The SMILES string of the molecule is Cc1ccc(N2CC(C)CC(NCC3CCCCC3)C2)cc1C. The lowest BCUT2D eigenvalue weighted by Gasteiger charge is -2.39. The Labute approximate surface area is 142 Å². The molecule has 0 radical (unpaired) electrons. The van der Waals surface area contributed by atoms with Gasteiger partial charge in [0.05, 0.1) is 0 Å². The zero-order chi connectivity index (χ0) is 16.2. The minimum atomic E-state index is 0.655. The minimum absolute atomic E-state index is 0.655. The maximum Gasteiger partial charge on any atom is 0.0369 e. The molecule has 2 fully saturated rings. The summed E-state index contributed by atoms with van der Waals surface area (Å²) < 4.78 is 0. The molecule has 128 valence electrons. The van der Waals surface area contributed by atoms with E-state index in [0.29, 0.717) is 6.04 Å². The summed E-state index contributed by atoms with van der Waals surface area (Å²) >= 11 is 0. The maximum absolute atomic E-state index is 3.91. The van der Waals surface area contributed by atoms with Crippen LogP contribution in [0.25, 0.3) is 0 Å². The first kappa shape index (κ1) is 16.8. The zero-order valence-electron chi connectivity index (χ0n) is 15.3. The lowest BCUT2D eigenvalue weighted by Crippen LogP contribution is -2.49. The number of rotatable bonds is 4. The third-order valence-electron chi connectivity index (χ3n) is 5.94. The van der Waals surface area contributed by atoms with Crippen molar-refractivity contribution in [2.24, 2.45) is 11.8 Å². The highest BCUT2D eigenvalue weighted by Gasteiger charge is 2.25. The molecular formula is C21H34N2. The van der Waals surface area contributed by atoms with Gasteiger partial charge in [0.2, 0.25) is 0 Å². The van der Waals surface area contributed by atoms with Crippen molar-refractivity contribution in [2.75, 3.05) is 24.5 Å². The van der Waals surface area contributed by atoms with E-state index in [-0.39, 0.29) is 0 Å². The molecular weight excluding hydrogens is 280 g/mol. The Balaban J connectivity index is 1.58. The predicted molar refractivity (Wildman–Crippen MR) is 100 cm³/mol. The Morgan fingerprint density at radius 3 is 2.57 bits per heavy atom. The highest BCUT2D eigenvalue weighted by molar-refractivity contribution is 5.51. The average Bonchev–Trinajstić information content (AvgIpc) is 2.56. The molecule has 1 heterocycles. The molecule has 2 atom stereocenters. The summed E-state index contributed by atoms with van der Waals surface area (Å²) in [5.74, 6) is 1.70. The van der Waals surface area contributed by atoms with E-state index in [1.807, 2.05) is 0 Å². The lowest BCUT2D eigenvalue weighted by molar-refractivity contribution is 0.295. The van der Waals surface area contributed by atoms with Gasteiger partial charge in [0.25, 0.3) is 0 Å². The van der Waals surface area contributed by atoms with E-state index < -0.39 is 0 Å². The number of anilines is 1. The van der Waals surface area contributed by atoms with Crippen LogP contribution in [-0.2, 0) is 0 Å². The number of nitrogens with zero attached hydrogens (tertiary/aromatic N) is 1. The lowest BCUT2D eigenvalue weighted by atomic mass is 9.88. The van der Waals surface area contributed by atoms with E-state index in [0.717, 1.165) is 11.8 Å². The van der Waals surface area contributed by atoms with E-state index in [2.05, 4.69) is 49.2 Å². The Kier molecular flexibility index (Phi) is 5.63.